The first kappa shape index (κ1) is 17.7. The Bertz CT molecular complexity index is 828. The number of nitrogens with one attached hydrogen (secondary N) is 2. The minimum absolute atomic E-state index is 0.298. The quantitative estimate of drug-likeness (QED) is 0.843. The molecule has 2 fully saturated rings. The molecule has 27 heavy (non-hydrogen) atoms. The molecule has 4 heterocycles. The zero-order chi connectivity index (χ0) is 18.8. The molecule has 2 unspecified atom stereocenters. The van der Waals surface area contributed by atoms with Gasteiger partial charge in [0.1, 0.15) is 17.7 Å². The summed E-state index contributed by atoms with van der Waals surface area (Å²) in [5.74, 6) is 2.01. The van der Waals surface area contributed by atoms with Crippen molar-refractivity contribution in [1.82, 2.24) is 19.9 Å². The summed E-state index contributed by atoms with van der Waals surface area (Å²) in [5.41, 5.74) is 2.52. The average molecular weight is 363 g/mol. The van der Waals surface area contributed by atoms with Gasteiger partial charge in [-0.05, 0) is 51.1 Å². The lowest BCUT2D eigenvalue weighted by atomic mass is 9.91. The monoisotopic (exact) mass is 363 g/mol. The van der Waals surface area contributed by atoms with Gasteiger partial charge in [-0.15, -0.1) is 0 Å². The molecule has 2 aliphatic heterocycles. The number of anilines is 3. The zero-order valence-corrected chi connectivity index (χ0v) is 15.8. The molecule has 140 valence electrons. The molecule has 0 aliphatic carbocycles. The number of rotatable bonds is 5. The van der Waals surface area contributed by atoms with Crippen molar-refractivity contribution in [1.29, 1.82) is 5.26 Å². The van der Waals surface area contributed by atoms with E-state index in [-0.39, 0.29) is 0 Å². The number of pyridine rings is 1. The first-order valence-electron chi connectivity index (χ1n) is 9.54. The smallest absolute Gasteiger partial charge is 0.158 e. The van der Waals surface area contributed by atoms with E-state index < -0.39 is 0 Å². The summed E-state index contributed by atoms with van der Waals surface area (Å²) >= 11 is 0. The highest BCUT2D eigenvalue weighted by atomic mass is 15.2. The van der Waals surface area contributed by atoms with Crippen molar-refractivity contribution in [3.05, 3.63) is 35.9 Å². The van der Waals surface area contributed by atoms with E-state index in [9.17, 15) is 0 Å². The number of nitriles is 1. The molecule has 2 aromatic heterocycles. The molecule has 2 aliphatic rings. The van der Waals surface area contributed by atoms with Crippen molar-refractivity contribution in [2.75, 3.05) is 24.2 Å². The van der Waals surface area contributed by atoms with E-state index in [0.717, 1.165) is 35.8 Å². The fourth-order valence-corrected chi connectivity index (χ4v) is 4.31. The summed E-state index contributed by atoms with van der Waals surface area (Å²) in [7, 11) is 2.28. The van der Waals surface area contributed by atoms with E-state index >= 15 is 0 Å². The summed E-state index contributed by atoms with van der Waals surface area (Å²) in [5, 5.41) is 15.6. The Morgan fingerprint density at radius 1 is 1.11 bits per heavy atom. The molecule has 2 saturated heterocycles. The molecule has 7 nitrogen and oxygen atoms in total. The van der Waals surface area contributed by atoms with E-state index in [0.29, 0.717) is 17.3 Å². The van der Waals surface area contributed by atoms with Crippen LogP contribution in [0.1, 0.15) is 36.9 Å². The summed E-state index contributed by atoms with van der Waals surface area (Å²) < 4.78 is 0. The molecule has 4 rings (SSSR count). The third-order valence-electron chi connectivity index (χ3n) is 5.90. The van der Waals surface area contributed by atoms with Crippen LogP contribution in [0.25, 0.3) is 0 Å². The van der Waals surface area contributed by atoms with Gasteiger partial charge in [-0.1, -0.05) is 0 Å². The van der Waals surface area contributed by atoms with Crippen molar-refractivity contribution in [2.24, 2.45) is 5.92 Å². The van der Waals surface area contributed by atoms with Gasteiger partial charge in [0.25, 0.3) is 0 Å². The van der Waals surface area contributed by atoms with Crippen LogP contribution in [-0.4, -0.2) is 45.5 Å². The number of hydrogen-bond acceptors (Lipinski definition) is 7. The fraction of sp³-hybridized carbons (Fsp3) is 0.500. The molecule has 0 radical (unpaired) electrons. The number of aromatic nitrogens is 3. The van der Waals surface area contributed by atoms with Crippen LogP contribution in [0.15, 0.2) is 24.7 Å². The highest BCUT2D eigenvalue weighted by Gasteiger charge is 2.38. The number of hydrogen-bond donors (Lipinski definition) is 2. The molecule has 0 spiro atoms. The number of piperidine rings is 1. The molecule has 2 bridgehead atoms. The summed E-state index contributed by atoms with van der Waals surface area (Å²) in [6, 6.07) is 5.51. The number of fused-ring (bicyclic) bond motifs is 2. The Morgan fingerprint density at radius 2 is 1.85 bits per heavy atom. The Balaban J connectivity index is 1.39. The predicted octanol–water partition coefficient (Wildman–Crippen LogP) is 3.08. The van der Waals surface area contributed by atoms with Gasteiger partial charge >= 0.3 is 0 Å². The van der Waals surface area contributed by atoms with Crippen molar-refractivity contribution in [3.63, 3.8) is 0 Å². The van der Waals surface area contributed by atoms with Crippen LogP contribution < -0.4 is 10.6 Å². The van der Waals surface area contributed by atoms with Gasteiger partial charge in [-0.3, -0.25) is 0 Å². The van der Waals surface area contributed by atoms with Crippen molar-refractivity contribution >= 4 is 17.3 Å². The van der Waals surface area contributed by atoms with Gasteiger partial charge < -0.3 is 15.5 Å². The van der Waals surface area contributed by atoms with E-state index in [1.165, 1.54) is 31.9 Å². The number of aryl methyl sites for hydroxylation is 1. The van der Waals surface area contributed by atoms with Gasteiger partial charge in [0.15, 0.2) is 5.69 Å². The first-order chi connectivity index (χ1) is 13.1. The summed E-state index contributed by atoms with van der Waals surface area (Å²) in [6.07, 6.45) is 10.1. The SMILES string of the molecule is Cc1cnc(Nc2cnc(C#N)cn2)cc1NCC1CC2CCC(C1)N2C. The van der Waals surface area contributed by atoms with Gasteiger partial charge in [-0.2, -0.15) is 5.26 Å². The third-order valence-corrected chi connectivity index (χ3v) is 5.90. The lowest BCUT2D eigenvalue weighted by molar-refractivity contribution is 0.139. The first-order valence-corrected chi connectivity index (χ1v) is 9.54. The summed E-state index contributed by atoms with van der Waals surface area (Å²) in [4.78, 5) is 15.2. The second-order valence-electron chi connectivity index (χ2n) is 7.68. The second kappa shape index (κ2) is 7.49. The molecular formula is C20H25N7. The van der Waals surface area contributed by atoms with Crippen LogP contribution in [0.3, 0.4) is 0 Å². The normalized spacial score (nSPS) is 24.4. The molecule has 2 aromatic rings. The van der Waals surface area contributed by atoms with Gasteiger partial charge in [0.2, 0.25) is 0 Å². The van der Waals surface area contributed by atoms with Crippen LogP contribution >= 0.6 is 0 Å². The van der Waals surface area contributed by atoms with Crippen molar-refractivity contribution in [2.45, 2.75) is 44.7 Å². The van der Waals surface area contributed by atoms with Gasteiger partial charge in [-0.25, -0.2) is 15.0 Å². The minimum atomic E-state index is 0.298. The third kappa shape index (κ3) is 3.86. The fourth-order valence-electron chi connectivity index (χ4n) is 4.31. The van der Waals surface area contributed by atoms with Crippen LogP contribution in [0.5, 0.6) is 0 Å². The highest BCUT2D eigenvalue weighted by Crippen LogP contribution is 2.37. The molecule has 0 amide bonds. The standard InChI is InChI=1S/C20H25N7/c1-13-9-24-19(26-20-12-22-15(8-21)11-25-20)7-18(13)23-10-14-5-16-3-4-17(6-14)27(16)2/h7,9,11-12,14,16-17H,3-6,10H2,1-2H3,(H2,23,24,25,26). The highest BCUT2D eigenvalue weighted by molar-refractivity contribution is 5.61. The Morgan fingerprint density at radius 3 is 2.52 bits per heavy atom. The predicted molar refractivity (Wildman–Crippen MR) is 105 cm³/mol. The van der Waals surface area contributed by atoms with Crippen molar-refractivity contribution < 1.29 is 0 Å². The van der Waals surface area contributed by atoms with Gasteiger partial charge in [0.05, 0.1) is 12.4 Å². The Kier molecular flexibility index (Phi) is 4.90. The lowest BCUT2D eigenvalue weighted by Gasteiger charge is -2.36. The average Bonchev–Trinajstić information content (AvgIpc) is 2.90. The van der Waals surface area contributed by atoms with Crippen LogP contribution in [0, 0.1) is 24.2 Å². The Labute approximate surface area is 159 Å². The Hall–Kier alpha value is -2.72. The molecule has 2 N–H and O–H groups in total. The van der Waals surface area contributed by atoms with E-state index in [1.807, 2.05) is 18.3 Å². The molecule has 0 saturated carbocycles. The van der Waals surface area contributed by atoms with E-state index in [2.05, 4.69) is 44.5 Å². The summed E-state index contributed by atoms with van der Waals surface area (Å²) in [6.45, 7) is 3.07. The van der Waals surface area contributed by atoms with Crippen molar-refractivity contribution in [3.8, 4) is 6.07 Å². The zero-order valence-electron chi connectivity index (χ0n) is 15.8. The van der Waals surface area contributed by atoms with E-state index in [1.54, 1.807) is 6.20 Å². The van der Waals surface area contributed by atoms with Gasteiger partial charge in [0, 0.05) is 36.6 Å². The molecule has 0 aromatic carbocycles. The molecule has 2 atom stereocenters. The maximum absolute atomic E-state index is 8.81. The van der Waals surface area contributed by atoms with Crippen LogP contribution in [0.4, 0.5) is 17.3 Å². The second-order valence-corrected chi connectivity index (χ2v) is 7.68. The maximum Gasteiger partial charge on any atom is 0.158 e. The largest absolute Gasteiger partial charge is 0.384 e. The number of nitrogens with zero attached hydrogens (tertiary/aromatic N) is 5. The minimum Gasteiger partial charge on any atom is -0.384 e. The lowest BCUT2D eigenvalue weighted by Crippen LogP contribution is -2.41. The van der Waals surface area contributed by atoms with E-state index in [4.69, 9.17) is 5.26 Å². The molecular weight excluding hydrogens is 338 g/mol. The maximum atomic E-state index is 8.81. The van der Waals surface area contributed by atoms with Crippen LogP contribution in [-0.2, 0) is 0 Å². The molecule has 7 heteroatoms. The topological polar surface area (TPSA) is 89.8 Å². The van der Waals surface area contributed by atoms with Crippen LogP contribution in [0.2, 0.25) is 0 Å².